The molecule has 0 saturated heterocycles. The van der Waals surface area contributed by atoms with Crippen LogP contribution in [0.3, 0.4) is 0 Å². The number of phenolic OH excluding ortho intramolecular Hbond substituents is 1. The van der Waals surface area contributed by atoms with Gasteiger partial charge in [-0.2, -0.15) is 0 Å². The fourth-order valence-corrected chi connectivity index (χ4v) is 2.16. The van der Waals surface area contributed by atoms with Gasteiger partial charge in [-0.15, -0.1) is 0 Å². The Bertz CT molecular complexity index is 714. The van der Waals surface area contributed by atoms with Crippen molar-refractivity contribution < 1.29 is 9.74 Å². The number of nitrogens with one attached hydrogen (secondary N) is 1. The van der Waals surface area contributed by atoms with Gasteiger partial charge in [-0.3, -0.25) is 0 Å². The number of benzene rings is 1. The molecule has 92 valence electrons. The van der Waals surface area contributed by atoms with Crippen molar-refractivity contribution >= 4 is 10.9 Å². The number of nitrogens with two attached hydrogens (primary N) is 1. The van der Waals surface area contributed by atoms with Crippen LogP contribution in [0.5, 0.6) is 5.75 Å². The minimum atomic E-state index is 0.215. The number of fused-ring (bicyclic) bond motifs is 1. The second-order valence-corrected chi connectivity index (χ2v) is 4.12. The summed E-state index contributed by atoms with van der Waals surface area (Å²) in [6, 6.07) is 5.13. The van der Waals surface area contributed by atoms with Gasteiger partial charge in [-0.25, -0.2) is 4.63 Å². The van der Waals surface area contributed by atoms with Gasteiger partial charge in [0.05, 0.1) is 0 Å². The summed E-state index contributed by atoms with van der Waals surface area (Å²) in [4.78, 5) is 3.20. The fourth-order valence-electron chi connectivity index (χ4n) is 2.16. The van der Waals surface area contributed by atoms with Gasteiger partial charge in [-0.1, -0.05) is 5.16 Å². The molecule has 1 aromatic carbocycles. The van der Waals surface area contributed by atoms with Crippen molar-refractivity contribution in [1.29, 1.82) is 0 Å². The predicted molar refractivity (Wildman–Crippen MR) is 65.9 cm³/mol. The van der Waals surface area contributed by atoms with Crippen LogP contribution >= 0.6 is 0 Å². The molecule has 0 atom stereocenters. The molecule has 0 aliphatic rings. The van der Waals surface area contributed by atoms with Crippen LogP contribution in [0.1, 0.15) is 11.4 Å². The van der Waals surface area contributed by atoms with Gasteiger partial charge >= 0.3 is 0 Å². The Hall–Kier alpha value is -2.34. The van der Waals surface area contributed by atoms with E-state index in [2.05, 4.69) is 15.3 Å². The highest BCUT2D eigenvalue weighted by Gasteiger charge is 2.18. The van der Waals surface area contributed by atoms with Gasteiger partial charge in [0.1, 0.15) is 17.1 Å². The van der Waals surface area contributed by atoms with Crippen LogP contribution in [-0.2, 0) is 6.54 Å². The summed E-state index contributed by atoms with van der Waals surface area (Å²) in [5.41, 5.74) is 9.55. The second kappa shape index (κ2) is 3.85. The molecule has 6 heteroatoms. The number of hydrogen-bond donors (Lipinski definition) is 3. The number of aromatic hydroxyl groups is 1. The number of nitrogens with zero attached hydrogens (tertiary/aromatic N) is 2. The molecule has 4 N–H and O–H groups in total. The zero-order chi connectivity index (χ0) is 12.7. The lowest BCUT2D eigenvalue weighted by molar-refractivity contribution is 0.304. The van der Waals surface area contributed by atoms with Gasteiger partial charge in [0.15, 0.2) is 0 Å². The van der Waals surface area contributed by atoms with E-state index in [1.165, 1.54) is 0 Å². The number of phenols is 1. The van der Waals surface area contributed by atoms with Crippen molar-refractivity contribution in [3.8, 4) is 17.0 Å². The standard InChI is InChI=1S/C12H12N4O2/c1-6-11(12-10(5-13)15-18-16-12)8-3-2-7(17)4-9(8)14-6/h2-4,14,17H,5,13H2,1H3. The summed E-state index contributed by atoms with van der Waals surface area (Å²) >= 11 is 0. The molecule has 0 amide bonds. The van der Waals surface area contributed by atoms with Gasteiger partial charge < -0.3 is 15.8 Å². The maximum Gasteiger partial charge on any atom is 0.142 e. The van der Waals surface area contributed by atoms with Crippen LogP contribution in [0.2, 0.25) is 0 Å². The molecule has 0 fully saturated rings. The highest BCUT2D eigenvalue weighted by Crippen LogP contribution is 2.33. The number of aromatic nitrogens is 3. The Morgan fingerprint density at radius 1 is 1.39 bits per heavy atom. The molecule has 2 aromatic heterocycles. The number of aromatic amines is 1. The first kappa shape index (κ1) is 10.8. The SMILES string of the molecule is Cc1[nH]c2cc(O)ccc2c1-c1nonc1CN. The summed E-state index contributed by atoms with van der Waals surface area (Å²) in [5, 5.41) is 18.1. The van der Waals surface area contributed by atoms with Crippen molar-refractivity contribution in [3.63, 3.8) is 0 Å². The van der Waals surface area contributed by atoms with E-state index in [-0.39, 0.29) is 12.3 Å². The molecular formula is C12H12N4O2. The van der Waals surface area contributed by atoms with E-state index in [4.69, 9.17) is 10.4 Å². The van der Waals surface area contributed by atoms with E-state index in [0.29, 0.717) is 11.4 Å². The van der Waals surface area contributed by atoms with Crippen molar-refractivity contribution in [2.75, 3.05) is 0 Å². The van der Waals surface area contributed by atoms with Crippen LogP contribution in [-0.4, -0.2) is 20.4 Å². The first-order valence-corrected chi connectivity index (χ1v) is 5.54. The van der Waals surface area contributed by atoms with E-state index >= 15 is 0 Å². The molecule has 6 nitrogen and oxygen atoms in total. The molecule has 0 bridgehead atoms. The maximum absolute atomic E-state index is 9.48. The molecule has 18 heavy (non-hydrogen) atoms. The zero-order valence-corrected chi connectivity index (χ0v) is 9.77. The highest BCUT2D eigenvalue weighted by molar-refractivity contribution is 5.97. The molecule has 0 radical (unpaired) electrons. The molecule has 0 aliphatic heterocycles. The molecule has 0 aliphatic carbocycles. The molecule has 3 aromatic rings. The van der Waals surface area contributed by atoms with E-state index in [0.717, 1.165) is 22.2 Å². The Morgan fingerprint density at radius 3 is 3.00 bits per heavy atom. The molecule has 3 rings (SSSR count). The quantitative estimate of drug-likeness (QED) is 0.636. The van der Waals surface area contributed by atoms with E-state index < -0.39 is 0 Å². The van der Waals surface area contributed by atoms with Crippen LogP contribution in [0.4, 0.5) is 0 Å². The maximum atomic E-state index is 9.48. The lowest BCUT2D eigenvalue weighted by Gasteiger charge is -1.98. The van der Waals surface area contributed by atoms with Crippen LogP contribution in [0.15, 0.2) is 22.8 Å². The summed E-state index contributed by atoms with van der Waals surface area (Å²) in [5.74, 6) is 0.215. The number of aryl methyl sites for hydroxylation is 1. The normalized spacial score (nSPS) is 11.2. The average Bonchev–Trinajstić information content (AvgIpc) is 2.90. The Kier molecular flexibility index (Phi) is 2.31. The number of H-pyrrole nitrogens is 1. The predicted octanol–water partition coefficient (Wildman–Crippen LogP) is 1.69. The Labute approximate surface area is 102 Å². The average molecular weight is 244 g/mol. The topological polar surface area (TPSA) is 101 Å². The second-order valence-electron chi connectivity index (χ2n) is 4.12. The van der Waals surface area contributed by atoms with Gasteiger partial charge in [-0.05, 0) is 24.2 Å². The highest BCUT2D eigenvalue weighted by atomic mass is 16.6. The first-order valence-electron chi connectivity index (χ1n) is 5.54. The van der Waals surface area contributed by atoms with Crippen LogP contribution in [0, 0.1) is 6.92 Å². The third-order valence-electron chi connectivity index (χ3n) is 2.96. The third kappa shape index (κ3) is 1.46. The summed E-state index contributed by atoms with van der Waals surface area (Å²) in [6.45, 7) is 2.20. The van der Waals surface area contributed by atoms with Crippen LogP contribution in [0.25, 0.3) is 22.2 Å². The summed E-state index contributed by atoms with van der Waals surface area (Å²) < 4.78 is 4.74. The smallest absolute Gasteiger partial charge is 0.142 e. The fraction of sp³-hybridized carbons (Fsp3) is 0.167. The summed E-state index contributed by atoms with van der Waals surface area (Å²) in [7, 11) is 0. The van der Waals surface area contributed by atoms with Crippen molar-refractivity contribution in [2.45, 2.75) is 13.5 Å². The van der Waals surface area contributed by atoms with Crippen molar-refractivity contribution in [1.82, 2.24) is 15.3 Å². The molecule has 0 saturated carbocycles. The van der Waals surface area contributed by atoms with Gasteiger partial charge in [0.2, 0.25) is 0 Å². The summed E-state index contributed by atoms with van der Waals surface area (Å²) in [6.07, 6.45) is 0. The molecule has 0 unspecified atom stereocenters. The minimum absolute atomic E-state index is 0.215. The lowest BCUT2D eigenvalue weighted by atomic mass is 10.1. The van der Waals surface area contributed by atoms with Crippen molar-refractivity contribution in [2.24, 2.45) is 5.73 Å². The Morgan fingerprint density at radius 2 is 2.22 bits per heavy atom. The largest absolute Gasteiger partial charge is 0.508 e. The van der Waals surface area contributed by atoms with Crippen LogP contribution < -0.4 is 5.73 Å². The van der Waals surface area contributed by atoms with E-state index in [1.54, 1.807) is 12.1 Å². The molecular weight excluding hydrogens is 232 g/mol. The molecule has 2 heterocycles. The third-order valence-corrected chi connectivity index (χ3v) is 2.96. The monoisotopic (exact) mass is 244 g/mol. The van der Waals surface area contributed by atoms with Gasteiger partial charge in [0.25, 0.3) is 0 Å². The minimum Gasteiger partial charge on any atom is -0.508 e. The lowest BCUT2D eigenvalue weighted by Crippen LogP contribution is -1.98. The molecule has 0 spiro atoms. The number of hydrogen-bond acceptors (Lipinski definition) is 5. The van der Waals surface area contributed by atoms with Crippen molar-refractivity contribution in [3.05, 3.63) is 29.6 Å². The number of rotatable bonds is 2. The van der Waals surface area contributed by atoms with E-state index in [1.807, 2.05) is 13.0 Å². The van der Waals surface area contributed by atoms with Gasteiger partial charge in [0, 0.05) is 34.8 Å². The van der Waals surface area contributed by atoms with E-state index in [9.17, 15) is 5.11 Å². The zero-order valence-electron chi connectivity index (χ0n) is 9.77. The Balaban J connectivity index is 2.32. The first-order chi connectivity index (χ1) is 8.70.